The molecule has 3 aromatic rings. The molecule has 0 saturated heterocycles. The Morgan fingerprint density at radius 2 is 1.78 bits per heavy atom. The largest absolute Gasteiger partial charge is 1.00 e. The van der Waals surface area contributed by atoms with Gasteiger partial charge < -0.3 is 34.5 Å². The Hall–Kier alpha value is -1.52. The van der Waals surface area contributed by atoms with Crippen LogP contribution in [0, 0.1) is 0 Å². The molecule has 0 atom stereocenters. The van der Waals surface area contributed by atoms with Crippen molar-refractivity contribution in [3.8, 4) is 11.3 Å². The number of hydrogen-bond acceptors (Lipinski definition) is 3. The van der Waals surface area contributed by atoms with Crippen LogP contribution in [0.5, 0.6) is 0 Å². The predicted octanol–water partition coefficient (Wildman–Crippen LogP) is -1.71. The van der Waals surface area contributed by atoms with E-state index in [-0.39, 0.29) is 24.8 Å². The van der Waals surface area contributed by atoms with Crippen LogP contribution in [0.3, 0.4) is 0 Å². The van der Waals surface area contributed by atoms with Gasteiger partial charge in [-0.25, -0.2) is 0 Å². The Morgan fingerprint density at radius 3 is 2.52 bits per heavy atom. The molecule has 2 aromatic heterocycles. The van der Waals surface area contributed by atoms with E-state index in [2.05, 4.69) is 10.3 Å². The molecule has 1 aromatic carbocycles. The minimum absolute atomic E-state index is 0. The van der Waals surface area contributed by atoms with Gasteiger partial charge >= 0.3 is 0 Å². The van der Waals surface area contributed by atoms with Crippen molar-refractivity contribution in [2.75, 3.05) is 0 Å². The van der Waals surface area contributed by atoms with E-state index in [4.69, 9.17) is 16.0 Å². The van der Waals surface area contributed by atoms with Gasteiger partial charge in [-0.15, -0.1) is 0 Å². The molecule has 6 heteroatoms. The van der Waals surface area contributed by atoms with Crippen molar-refractivity contribution in [1.29, 1.82) is 0 Å². The standard InChI is InChI=1S/C17H15ClN2O.2ClH/c18-16-6-2-1-5-15(16)17-8-7-14(21-17)12-20-11-13-4-3-9-19-10-13;;/h1-10,20H,11-12H2;2*1H/p-2. The fourth-order valence-electron chi connectivity index (χ4n) is 2.11. The van der Waals surface area contributed by atoms with Crippen LogP contribution in [0.4, 0.5) is 0 Å². The quantitative estimate of drug-likeness (QED) is 0.582. The molecule has 0 aliphatic rings. The molecule has 0 unspecified atom stereocenters. The minimum atomic E-state index is 0. The average molecular weight is 370 g/mol. The Kier molecular flexibility index (Phi) is 8.13. The molecule has 3 rings (SSSR count). The van der Waals surface area contributed by atoms with E-state index in [1.54, 1.807) is 6.20 Å². The van der Waals surface area contributed by atoms with Crippen LogP contribution in [-0.2, 0) is 13.1 Å². The Labute approximate surface area is 152 Å². The second kappa shape index (κ2) is 9.58. The SMILES string of the molecule is Clc1ccccc1-c1ccc(CNCc2cccnc2)o1.[Cl-].[Cl-]. The van der Waals surface area contributed by atoms with E-state index in [1.807, 2.05) is 54.7 Å². The number of pyridine rings is 1. The van der Waals surface area contributed by atoms with Gasteiger partial charge in [0.05, 0.1) is 11.6 Å². The molecule has 1 N–H and O–H groups in total. The predicted molar refractivity (Wildman–Crippen MR) is 83.9 cm³/mol. The van der Waals surface area contributed by atoms with Crippen LogP contribution in [0.15, 0.2) is 65.3 Å². The second-order valence-electron chi connectivity index (χ2n) is 4.71. The smallest absolute Gasteiger partial charge is 0.135 e. The number of hydrogen-bond donors (Lipinski definition) is 1. The Bertz CT molecular complexity index is 717. The first-order valence-electron chi connectivity index (χ1n) is 6.76. The van der Waals surface area contributed by atoms with E-state index in [9.17, 15) is 0 Å². The molecule has 0 amide bonds. The molecular weight excluding hydrogens is 355 g/mol. The number of halogens is 3. The highest BCUT2D eigenvalue weighted by atomic mass is 35.5. The molecule has 0 saturated carbocycles. The summed E-state index contributed by atoms with van der Waals surface area (Å²) in [5, 5.41) is 4.03. The maximum Gasteiger partial charge on any atom is 0.135 e. The first-order chi connectivity index (χ1) is 10.3. The Balaban J connectivity index is 0.00000132. The van der Waals surface area contributed by atoms with Gasteiger partial charge in [-0.2, -0.15) is 0 Å². The highest BCUT2D eigenvalue weighted by molar-refractivity contribution is 6.33. The van der Waals surface area contributed by atoms with Crippen LogP contribution in [0.25, 0.3) is 11.3 Å². The molecule has 23 heavy (non-hydrogen) atoms. The van der Waals surface area contributed by atoms with E-state index < -0.39 is 0 Å². The lowest BCUT2D eigenvalue weighted by molar-refractivity contribution is -0.001000. The summed E-state index contributed by atoms with van der Waals surface area (Å²) in [5.74, 6) is 1.67. The molecule has 0 bridgehead atoms. The van der Waals surface area contributed by atoms with Crippen molar-refractivity contribution in [1.82, 2.24) is 10.3 Å². The maximum absolute atomic E-state index is 6.17. The zero-order valence-corrected chi connectivity index (χ0v) is 14.4. The highest BCUT2D eigenvalue weighted by Crippen LogP contribution is 2.28. The molecule has 0 spiro atoms. The average Bonchev–Trinajstić information content (AvgIpc) is 2.97. The summed E-state index contributed by atoms with van der Waals surface area (Å²) in [6, 6.07) is 15.6. The third-order valence-corrected chi connectivity index (χ3v) is 3.48. The number of rotatable bonds is 5. The molecule has 0 fully saturated rings. The normalized spacial score (nSPS) is 9.78. The third kappa shape index (κ3) is 5.26. The van der Waals surface area contributed by atoms with Gasteiger partial charge in [0.2, 0.25) is 0 Å². The van der Waals surface area contributed by atoms with Gasteiger partial charge in [-0.3, -0.25) is 4.98 Å². The minimum Gasteiger partial charge on any atom is -1.00 e. The van der Waals surface area contributed by atoms with E-state index in [0.717, 1.165) is 29.2 Å². The van der Waals surface area contributed by atoms with Gasteiger partial charge in [-0.05, 0) is 35.9 Å². The summed E-state index contributed by atoms with van der Waals surface area (Å²) >= 11 is 6.17. The first-order valence-corrected chi connectivity index (χ1v) is 7.14. The third-order valence-electron chi connectivity index (χ3n) is 3.15. The van der Waals surface area contributed by atoms with E-state index >= 15 is 0 Å². The zero-order valence-electron chi connectivity index (χ0n) is 12.2. The molecule has 0 radical (unpaired) electrons. The summed E-state index contributed by atoms with van der Waals surface area (Å²) < 4.78 is 5.83. The summed E-state index contributed by atoms with van der Waals surface area (Å²) in [6.45, 7) is 1.43. The van der Waals surface area contributed by atoms with Crippen LogP contribution in [-0.4, -0.2) is 4.98 Å². The van der Waals surface area contributed by atoms with Gasteiger partial charge in [0.15, 0.2) is 0 Å². The molecule has 122 valence electrons. The van der Waals surface area contributed by atoms with Crippen molar-refractivity contribution >= 4 is 11.6 Å². The molecule has 3 nitrogen and oxygen atoms in total. The van der Waals surface area contributed by atoms with Crippen molar-refractivity contribution in [3.05, 3.63) is 77.3 Å². The van der Waals surface area contributed by atoms with Gasteiger partial charge in [0, 0.05) is 24.5 Å². The first kappa shape index (κ1) is 19.5. The van der Waals surface area contributed by atoms with Crippen LogP contribution in [0.1, 0.15) is 11.3 Å². The number of nitrogens with zero attached hydrogens (tertiary/aromatic N) is 1. The summed E-state index contributed by atoms with van der Waals surface area (Å²) in [7, 11) is 0. The Morgan fingerprint density at radius 1 is 0.957 bits per heavy atom. The van der Waals surface area contributed by atoms with Crippen molar-refractivity contribution in [3.63, 3.8) is 0 Å². The highest BCUT2D eigenvalue weighted by Gasteiger charge is 2.07. The molecule has 0 aliphatic heterocycles. The number of furan rings is 1. The number of aromatic nitrogens is 1. The lowest BCUT2D eigenvalue weighted by Crippen LogP contribution is -3.00. The number of nitrogens with one attached hydrogen (secondary N) is 1. The van der Waals surface area contributed by atoms with Crippen molar-refractivity contribution < 1.29 is 29.2 Å². The van der Waals surface area contributed by atoms with Crippen molar-refractivity contribution in [2.24, 2.45) is 0 Å². The lowest BCUT2D eigenvalue weighted by atomic mass is 10.2. The zero-order chi connectivity index (χ0) is 14.5. The fourth-order valence-corrected chi connectivity index (χ4v) is 2.34. The molecule has 0 aliphatic carbocycles. The summed E-state index contributed by atoms with van der Waals surface area (Å²) in [4.78, 5) is 4.09. The van der Waals surface area contributed by atoms with E-state index in [1.165, 1.54) is 0 Å². The lowest BCUT2D eigenvalue weighted by Gasteiger charge is -2.03. The molecule has 2 heterocycles. The van der Waals surface area contributed by atoms with Gasteiger partial charge in [-0.1, -0.05) is 29.8 Å². The summed E-state index contributed by atoms with van der Waals surface area (Å²) in [5.41, 5.74) is 2.06. The summed E-state index contributed by atoms with van der Waals surface area (Å²) in [6.07, 6.45) is 3.62. The van der Waals surface area contributed by atoms with Crippen LogP contribution in [0.2, 0.25) is 5.02 Å². The van der Waals surface area contributed by atoms with Crippen LogP contribution >= 0.6 is 11.6 Å². The van der Waals surface area contributed by atoms with Crippen molar-refractivity contribution in [2.45, 2.75) is 13.1 Å². The van der Waals surface area contributed by atoms with Gasteiger partial charge in [0.1, 0.15) is 11.5 Å². The van der Waals surface area contributed by atoms with Gasteiger partial charge in [0.25, 0.3) is 0 Å². The maximum atomic E-state index is 6.17. The molecular formula is C17H15Cl3N2O-2. The second-order valence-corrected chi connectivity index (χ2v) is 5.12. The topological polar surface area (TPSA) is 38.1 Å². The van der Waals surface area contributed by atoms with E-state index in [0.29, 0.717) is 11.6 Å². The van der Waals surface area contributed by atoms with Crippen LogP contribution < -0.4 is 30.1 Å². The monoisotopic (exact) mass is 368 g/mol. The number of benzene rings is 1. The fraction of sp³-hybridized carbons (Fsp3) is 0.118.